The van der Waals surface area contributed by atoms with Crippen LogP contribution in [0.15, 0.2) is 46.9 Å². The number of benzene rings is 2. The highest BCUT2D eigenvalue weighted by atomic mass is 79.9. The number of hydrogen-bond acceptors (Lipinski definition) is 2. The summed E-state index contributed by atoms with van der Waals surface area (Å²) in [5.74, 6) is 0.685. The molecule has 0 aromatic heterocycles. The van der Waals surface area contributed by atoms with Gasteiger partial charge in [-0.3, -0.25) is 0 Å². The van der Waals surface area contributed by atoms with Crippen LogP contribution in [0.4, 0.5) is 5.69 Å². The van der Waals surface area contributed by atoms with E-state index < -0.39 is 0 Å². The van der Waals surface area contributed by atoms with Crippen molar-refractivity contribution in [3.8, 4) is 5.75 Å². The van der Waals surface area contributed by atoms with Crippen molar-refractivity contribution < 1.29 is 4.74 Å². The molecule has 2 N–H and O–H groups in total. The first kappa shape index (κ1) is 16.1. The molecule has 0 aliphatic heterocycles. The molecule has 0 saturated carbocycles. The molecule has 0 atom stereocenters. The van der Waals surface area contributed by atoms with Crippen molar-refractivity contribution in [3.05, 3.63) is 57.5 Å². The van der Waals surface area contributed by atoms with Crippen LogP contribution in [-0.2, 0) is 6.54 Å². The van der Waals surface area contributed by atoms with Crippen molar-refractivity contribution in [2.45, 2.75) is 6.54 Å². The van der Waals surface area contributed by atoms with Crippen LogP contribution in [0.1, 0.15) is 5.56 Å². The molecular formula is C15H14BrClN2OS. The second-order valence-corrected chi connectivity index (χ2v) is 5.94. The predicted molar refractivity (Wildman–Crippen MR) is 95.2 cm³/mol. The summed E-state index contributed by atoms with van der Waals surface area (Å²) in [7, 11) is 1.60. The number of nitrogens with one attached hydrogen (secondary N) is 2. The van der Waals surface area contributed by atoms with Gasteiger partial charge in [-0.1, -0.05) is 45.7 Å². The fourth-order valence-electron chi connectivity index (χ4n) is 1.76. The molecule has 6 heteroatoms. The molecule has 110 valence electrons. The molecule has 3 nitrogen and oxygen atoms in total. The molecule has 21 heavy (non-hydrogen) atoms. The molecule has 0 radical (unpaired) electrons. The highest BCUT2D eigenvalue weighted by molar-refractivity contribution is 9.10. The van der Waals surface area contributed by atoms with E-state index in [9.17, 15) is 0 Å². The monoisotopic (exact) mass is 384 g/mol. The van der Waals surface area contributed by atoms with Crippen LogP contribution in [0, 0.1) is 0 Å². The third kappa shape index (κ3) is 4.59. The molecule has 2 aromatic carbocycles. The van der Waals surface area contributed by atoms with E-state index in [4.69, 9.17) is 28.6 Å². The van der Waals surface area contributed by atoms with Gasteiger partial charge < -0.3 is 15.4 Å². The second-order valence-electron chi connectivity index (χ2n) is 4.24. The van der Waals surface area contributed by atoms with Crippen LogP contribution >= 0.6 is 39.7 Å². The van der Waals surface area contributed by atoms with Crippen molar-refractivity contribution in [2.75, 3.05) is 12.4 Å². The van der Waals surface area contributed by atoms with Gasteiger partial charge in [-0.25, -0.2) is 0 Å². The number of halogens is 2. The first-order valence-electron chi connectivity index (χ1n) is 6.22. The maximum atomic E-state index is 5.99. The largest absolute Gasteiger partial charge is 0.495 e. The highest BCUT2D eigenvalue weighted by Gasteiger charge is 2.06. The number of thiocarbonyl (C=S) groups is 1. The van der Waals surface area contributed by atoms with E-state index in [0.29, 0.717) is 22.4 Å². The topological polar surface area (TPSA) is 33.3 Å². The number of hydrogen-bond donors (Lipinski definition) is 2. The lowest BCUT2D eigenvalue weighted by molar-refractivity contribution is 0.417. The van der Waals surface area contributed by atoms with Gasteiger partial charge in [-0.05, 0) is 42.0 Å². The Morgan fingerprint density at radius 2 is 2.05 bits per heavy atom. The Hall–Kier alpha value is -1.30. The quantitative estimate of drug-likeness (QED) is 0.754. The number of anilines is 1. The van der Waals surface area contributed by atoms with Gasteiger partial charge in [0.1, 0.15) is 5.75 Å². The van der Waals surface area contributed by atoms with Gasteiger partial charge in [-0.15, -0.1) is 0 Å². The summed E-state index contributed by atoms with van der Waals surface area (Å²) in [4.78, 5) is 0. The summed E-state index contributed by atoms with van der Waals surface area (Å²) < 4.78 is 6.31. The van der Waals surface area contributed by atoms with Crippen LogP contribution in [0.2, 0.25) is 5.02 Å². The summed E-state index contributed by atoms with van der Waals surface area (Å²) in [6.45, 7) is 0.621. The fourth-order valence-corrected chi connectivity index (χ4v) is 2.54. The van der Waals surface area contributed by atoms with E-state index in [0.717, 1.165) is 15.7 Å². The van der Waals surface area contributed by atoms with Crippen molar-refractivity contribution in [2.24, 2.45) is 0 Å². The molecule has 0 amide bonds. The predicted octanol–water partition coefficient (Wildman–Crippen LogP) is 4.60. The van der Waals surface area contributed by atoms with E-state index in [1.165, 1.54) is 0 Å². The lowest BCUT2D eigenvalue weighted by Crippen LogP contribution is -2.28. The van der Waals surface area contributed by atoms with Crippen molar-refractivity contribution >= 4 is 50.5 Å². The molecule has 0 heterocycles. The molecule has 0 bridgehead atoms. The van der Waals surface area contributed by atoms with E-state index in [2.05, 4.69) is 26.6 Å². The average molecular weight is 386 g/mol. The Morgan fingerprint density at radius 1 is 1.29 bits per heavy atom. The molecule has 0 aliphatic rings. The van der Waals surface area contributed by atoms with E-state index in [1.54, 1.807) is 25.3 Å². The Labute approximate surface area is 142 Å². The first-order chi connectivity index (χ1) is 10.1. The molecule has 2 aromatic rings. The molecule has 0 saturated heterocycles. The van der Waals surface area contributed by atoms with Crippen LogP contribution in [0.5, 0.6) is 5.75 Å². The van der Waals surface area contributed by atoms with Crippen LogP contribution in [0.3, 0.4) is 0 Å². The second kappa shape index (κ2) is 7.64. The zero-order chi connectivity index (χ0) is 15.2. The van der Waals surface area contributed by atoms with Gasteiger partial charge in [0.25, 0.3) is 0 Å². The summed E-state index contributed by atoms with van der Waals surface area (Å²) in [6.07, 6.45) is 0. The summed E-state index contributed by atoms with van der Waals surface area (Å²) >= 11 is 14.8. The molecule has 0 fully saturated rings. The fraction of sp³-hybridized carbons (Fsp3) is 0.133. The zero-order valence-corrected chi connectivity index (χ0v) is 14.5. The van der Waals surface area contributed by atoms with Gasteiger partial charge in [0, 0.05) is 16.0 Å². The van der Waals surface area contributed by atoms with Crippen LogP contribution < -0.4 is 15.4 Å². The molecule has 0 spiro atoms. The standard InChI is InChI=1S/C15H14BrClN2OS/c1-20-14-7-6-11(17)8-13(14)19-15(21)18-9-10-4-2-3-5-12(10)16/h2-8H,9H2,1H3,(H2,18,19,21). The Balaban J connectivity index is 1.99. The van der Waals surface area contributed by atoms with E-state index in [1.807, 2.05) is 24.3 Å². The normalized spacial score (nSPS) is 10.0. The number of methoxy groups -OCH3 is 1. The minimum absolute atomic E-state index is 0.506. The van der Waals surface area contributed by atoms with Gasteiger partial charge in [0.2, 0.25) is 0 Å². The molecule has 0 unspecified atom stereocenters. The SMILES string of the molecule is COc1ccc(Cl)cc1NC(=S)NCc1ccccc1Br. The van der Waals surface area contributed by atoms with E-state index >= 15 is 0 Å². The maximum Gasteiger partial charge on any atom is 0.171 e. The minimum atomic E-state index is 0.506. The van der Waals surface area contributed by atoms with Crippen molar-refractivity contribution in [3.63, 3.8) is 0 Å². The minimum Gasteiger partial charge on any atom is -0.495 e. The smallest absolute Gasteiger partial charge is 0.171 e. The third-order valence-electron chi connectivity index (χ3n) is 2.81. The third-order valence-corrected chi connectivity index (χ3v) is 4.06. The van der Waals surface area contributed by atoms with Gasteiger partial charge in [0.05, 0.1) is 12.8 Å². The highest BCUT2D eigenvalue weighted by Crippen LogP contribution is 2.27. The zero-order valence-electron chi connectivity index (χ0n) is 11.3. The van der Waals surface area contributed by atoms with Gasteiger partial charge in [0.15, 0.2) is 5.11 Å². The average Bonchev–Trinajstić information content (AvgIpc) is 2.47. The van der Waals surface area contributed by atoms with Gasteiger partial charge >= 0.3 is 0 Å². The van der Waals surface area contributed by atoms with Crippen LogP contribution in [0.25, 0.3) is 0 Å². The lowest BCUT2D eigenvalue weighted by Gasteiger charge is -2.14. The summed E-state index contributed by atoms with van der Waals surface area (Å²) in [6, 6.07) is 13.3. The molecular weight excluding hydrogens is 372 g/mol. The maximum absolute atomic E-state index is 5.99. The number of ether oxygens (including phenoxy) is 1. The van der Waals surface area contributed by atoms with Gasteiger partial charge in [-0.2, -0.15) is 0 Å². The van der Waals surface area contributed by atoms with Crippen molar-refractivity contribution in [1.82, 2.24) is 5.32 Å². The molecule has 2 rings (SSSR count). The first-order valence-corrected chi connectivity index (χ1v) is 7.80. The van der Waals surface area contributed by atoms with E-state index in [-0.39, 0.29) is 0 Å². The Bertz CT molecular complexity index is 651. The number of rotatable bonds is 4. The summed E-state index contributed by atoms with van der Waals surface area (Å²) in [5.41, 5.74) is 1.86. The lowest BCUT2D eigenvalue weighted by atomic mass is 10.2. The van der Waals surface area contributed by atoms with Crippen molar-refractivity contribution in [1.29, 1.82) is 0 Å². The Morgan fingerprint density at radius 3 is 2.76 bits per heavy atom. The Kier molecular flexibility index (Phi) is 5.85. The summed E-state index contributed by atoms with van der Waals surface area (Å²) in [5, 5.41) is 7.36. The molecule has 0 aliphatic carbocycles. The van der Waals surface area contributed by atoms with Crippen LogP contribution in [-0.4, -0.2) is 12.2 Å².